The number of rotatable bonds is 6. The van der Waals surface area contributed by atoms with Gasteiger partial charge in [-0.05, 0) is 20.6 Å². The maximum absolute atomic E-state index is 10.6. The minimum atomic E-state index is -0.254. The van der Waals surface area contributed by atoms with Crippen molar-refractivity contribution in [1.82, 2.24) is 9.80 Å². The lowest BCUT2D eigenvalue weighted by molar-refractivity contribution is -0.119. The average Bonchev–Trinajstić information content (AvgIpc) is 1.97. The third-order valence-corrected chi connectivity index (χ3v) is 1.69. The fourth-order valence-corrected chi connectivity index (χ4v) is 0.911. The molecule has 0 aromatic carbocycles. The molecule has 0 aromatic heterocycles. The third kappa shape index (κ3) is 6.12. The summed E-state index contributed by atoms with van der Waals surface area (Å²) < 4.78 is 0. The van der Waals surface area contributed by atoms with Crippen LogP contribution in [0.3, 0.4) is 0 Å². The predicted molar refractivity (Wildman–Crippen MR) is 49.9 cm³/mol. The topological polar surface area (TPSA) is 49.6 Å². The number of carbonyl (C=O) groups is 1. The van der Waals surface area contributed by atoms with Crippen LogP contribution in [0.5, 0.6) is 0 Å². The molecule has 0 fully saturated rings. The number of likely N-dealkylation sites (N-methyl/N-ethyl adjacent to an activating group) is 2. The standard InChI is InChI=1S/C8H19N3O/c1-4-11(7-8(9)12)6-5-10(2)3/h4-7H2,1-3H3,(H2,9,12). The molecule has 2 N–H and O–H groups in total. The Morgan fingerprint density at radius 2 is 1.92 bits per heavy atom. The summed E-state index contributed by atoms with van der Waals surface area (Å²) in [5, 5.41) is 0. The Balaban J connectivity index is 3.60. The summed E-state index contributed by atoms with van der Waals surface area (Å²) in [6.07, 6.45) is 0. The van der Waals surface area contributed by atoms with Crippen molar-refractivity contribution in [2.75, 3.05) is 40.3 Å². The molecule has 0 unspecified atom stereocenters. The number of nitrogens with two attached hydrogens (primary N) is 1. The van der Waals surface area contributed by atoms with Gasteiger partial charge in [0.2, 0.25) is 5.91 Å². The van der Waals surface area contributed by atoms with Crippen molar-refractivity contribution in [3.8, 4) is 0 Å². The van der Waals surface area contributed by atoms with Gasteiger partial charge in [0.15, 0.2) is 0 Å². The first-order valence-electron chi connectivity index (χ1n) is 4.21. The maximum Gasteiger partial charge on any atom is 0.231 e. The van der Waals surface area contributed by atoms with E-state index in [1.54, 1.807) is 0 Å². The number of hydrogen-bond acceptors (Lipinski definition) is 3. The Hall–Kier alpha value is -0.610. The fraction of sp³-hybridized carbons (Fsp3) is 0.875. The van der Waals surface area contributed by atoms with Gasteiger partial charge in [0, 0.05) is 13.1 Å². The lowest BCUT2D eigenvalue weighted by Gasteiger charge is -2.20. The zero-order valence-electron chi connectivity index (χ0n) is 8.21. The summed E-state index contributed by atoms with van der Waals surface area (Å²) in [6, 6.07) is 0. The Morgan fingerprint density at radius 1 is 1.33 bits per heavy atom. The minimum Gasteiger partial charge on any atom is -0.369 e. The molecule has 0 atom stereocenters. The number of nitrogens with zero attached hydrogens (tertiary/aromatic N) is 2. The summed E-state index contributed by atoms with van der Waals surface area (Å²) in [6.45, 7) is 5.12. The van der Waals surface area contributed by atoms with Gasteiger partial charge >= 0.3 is 0 Å². The molecule has 0 radical (unpaired) electrons. The zero-order valence-corrected chi connectivity index (χ0v) is 8.21. The van der Waals surface area contributed by atoms with Gasteiger partial charge in [-0.2, -0.15) is 0 Å². The van der Waals surface area contributed by atoms with E-state index in [1.165, 1.54) is 0 Å². The van der Waals surface area contributed by atoms with Crippen molar-refractivity contribution in [2.24, 2.45) is 5.73 Å². The van der Waals surface area contributed by atoms with Gasteiger partial charge in [-0.25, -0.2) is 0 Å². The van der Waals surface area contributed by atoms with E-state index < -0.39 is 0 Å². The highest BCUT2D eigenvalue weighted by Crippen LogP contribution is 1.87. The molecule has 0 aliphatic heterocycles. The summed E-state index contributed by atoms with van der Waals surface area (Å²) in [5.74, 6) is -0.254. The molecule has 0 spiro atoms. The summed E-state index contributed by atoms with van der Waals surface area (Å²) in [4.78, 5) is 14.7. The van der Waals surface area contributed by atoms with Crippen molar-refractivity contribution in [2.45, 2.75) is 6.92 Å². The highest BCUT2D eigenvalue weighted by molar-refractivity contribution is 5.75. The van der Waals surface area contributed by atoms with Gasteiger partial charge in [0.1, 0.15) is 0 Å². The Kier molecular flexibility index (Phi) is 5.66. The van der Waals surface area contributed by atoms with Crippen LogP contribution in [-0.2, 0) is 4.79 Å². The second-order valence-corrected chi connectivity index (χ2v) is 3.14. The molecule has 0 saturated heterocycles. The normalized spacial score (nSPS) is 11.1. The number of hydrogen-bond donors (Lipinski definition) is 1. The molecule has 4 nitrogen and oxygen atoms in total. The lowest BCUT2D eigenvalue weighted by Crippen LogP contribution is -2.37. The van der Waals surface area contributed by atoms with Gasteiger partial charge in [-0.15, -0.1) is 0 Å². The largest absolute Gasteiger partial charge is 0.369 e. The molecule has 0 rings (SSSR count). The van der Waals surface area contributed by atoms with E-state index in [4.69, 9.17) is 5.73 Å². The summed E-state index contributed by atoms with van der Waals surface area (Å²) >= 11 is 0. The van der Waals surface area contributed by atoms with E-state index in [-0.39, 0.29) is 5.91 Å². The van der Waals surface area contributed by atoms with Crippen molar-refractivity contribution < 1.29 is 4.79 Å². The number of primary amides is 1. The van der Waals surface area contributed by atoms with Gasteiger partial charge < -0.3 is 10.6 Å². The zero-order chi connectivity index (χ0) is 9.56. The molecule has 0 bridgehead atoms. The van der Waals surface area contributed by atoms with E-state index in [0.29, 0.717) is 6.54 Å². The molecule has 4 heteroatoms. The molecule has 0 aliphatic carbocycles. The summed E-state index contributed by atoms with van der Waals surface area (Å²) in [5.41, 5.74) is 5.08. The van der Waals surface area contributed by atoms with E-state index in [9.17, 15) is 4.79 Å². The van der Waals surface area contributed by atoms with Crippen LogP contribution in [0.25, 0.3) is 0 Å². The second kappa shape index (κ2) is 5.97. The van der Waals surface area contributed by atoms with Crippen LogP contribution >= 0.6 is 0 Å². The van der Waals surface area contributed by atoms with E-state index in [0.717, 1.165) is 19.6 Å². The van der Waals surface area contributed by atoms with Gasteiger partial charge in [-0.3, -0.25) is 9.69 Å². The second-order valence-electron chi connectivity index (χ2n) is 3.14. The highest BCUT2D eigenvalue weighted by Gasteiger charge is 2.05. The van der Waals surface area contributed by atoms with Crippen LogP contribution < -0.4 is 5.73 Å². The quantitative estimate of drug-likeness (QED) is 0.581. The third-order valence-electron chi connectivity index (χ3n) is 1.69. The van der Waals surface area contributed by atoms with E-state index in [2.05, 4.69) is 4.90 Å². The van der Waals surface area contributed by atoms with E-state index >= 15 is 0 Å². The van der Waals surface area contributed by atoms with E-state index in [1.807, 2.05) is 25.9 Å². The van der Waals surface area contributed by atoms with Gasteiger partial charge in [0.05, 0.1) is 6.54 Å². The number of amides is 1. The highest BCUT2D eigenvalue weighted by atomic mass is 16.1. The lowest BCUT2D eigenvalue weighted by atomic mass is 10.4. The molecule has 12 heavy (non-hydrogen) atoms. The minimum absolute atomic E-state index is 0.254. The molecule has 0 aromatic rings. The monoisotopic (exact) mass is 173 g/mol. The van der Waals surface area contributed by atoms with Crippen molar-refractivity contribution in [3.05, 3.63) is 0 Å². The van der Waals surface area contributed by atoms with Crippen LogP contribution in [0.1, 0.15) is 6.92 Å². The molecule has 72 valence electrons. The Bertz CT molecular complexity index is 136. The van der Waals surface area contributed by atoms with Gasteiger partial charge in [-0.1, -0.05) is 6.92 Å². The van der Waals surface area contributed by atoms with Gasteiger partial charge in [0.25, 0.3) is 0 Å². The molecule has 0 aliphatic rings. The maximum atomic E-state index is 10.6. The van der Waals surface area contributed by atoms with Crippen LogP contribution in [0.2, 0.25) is 0 Å². The van der Waals surface area contributed by atoms with Crippen LogP contribution in [-0.4, -0.2) is 56.0 Å². The fourth-order valence-electron chi connectivity index (χ4n) is 0.911. The van der Waals surface area contributed by atoms with Crippen molar-refractivity contribution in [3.63, 3.8) is 0 Å². The number of carbonyl (C=O) groups excluding carboxylic acids is 1. The first-order chi connectivity index (χ1) is 5.56. The average molecular weight is 173 g/mol. The first-order valence-corrected chi connectivity index (χ1v) is 4.21. The van der Waals surface area contributed by atoms with Crippen LogP contribution in [0.15, 0.2) is 0 Å². The Labute approximate surface area is 74.3 Å². The molecule has 0 heterocycles. The smallest absolute Gasteiger partial charge is 0.231 e. The predicted octanol–water partition coefficient (Wildman–Crippen LogP) is -0.645. The SMILES string of the molecule is CCN(CCN(C)C)CC(N)=O. The van der Waals surface area contributed by atoms with Crippen molar-refractivity contribution in [1.29, 1.82) is 0 Å². The molecular formula is C8H19N3O. The van der Waals surface area contributed by atoms with Crippen LogP contribution in [0.4, 0.5) is 0 Å². The Morgan fingerprint density at radius 3 is 2.25 bits per heavy atom. The molecule has 0 saturated carbocycles. The summed E-state index contributed by atoms with van der Waals surface area (Å²) in [7, 11) is 4.02. The molecular weight excluding hydrogens is 154 g/mol. The van der Waals surface area contributed by atoms with Crippen molar-refractivity contribution >= 4 is 5.91 Å². The first kappa shape index (κ1) is 11.4. The van der Waals surface area contributed by atoms with Crippen LogP contribution in [0, 0.1) is 0 Å². The molecule has 1 amide bonds.